The van der Waals surface area contributed by atoms with E-state index in [0.717, 1.165) is 35.8 Å². The summed E-state index contributed by atoms with van der Waals surface area (Å²) in [5, 5.41) is 2.98. The Balaban J connectivity index is 1.67. The predicted octanol–water partition coefficient (Wildman–Crippen LogP) is 4.25. The van der Waals surface area contributed by atoms with E-state index in [1.807, 2.05) is 0 Å². The van der Waals surface area contributed by atoms with Crippen LogP contribution >= 0.6 is 11.3 Å². The molecule has 0 saturated carbocycles. The second-order valence-electron chi connectivity index (χ2n) is 6.11. The first-order valence-corrected chi connectivity index (χ1v) is 11.0. The standard InChI is InChI=1S/C18H16F2N4O4S2/c1-24(14-5-3-4-13(9-14)23-30(2,26)27)18(25)22-17-21-10-16(29-17)28-15-7-11(19)6-12(20)8-15/h3-10,23H,1-2H3,(H,21,22,25). The summed E-state index contributed by atoms with van der Waals surface area (Å²) in [5.41, 5.74) is 0.742. The topological polar surface area (TPSA) is 101 Å². The average molecular weight is 454 g/mol. The van der Waals surface area contributed by atoms with E-state index in [9.17, 15) is 22.0 Å². The van der Waals surface area contributed by atoms with Crippen molar-refractivity contribution in [3.8, 4) is 10.8 Å². The zero-order valence-corrected chi connectivity index (χ0v) is 17.4. The van der Waals surface area contributed by atoms with Gasteiger partial charge in [-0.2, -0.15) is 0 Å². The second-order valence-corrected chi connectivity index (χ2v) is 8.85. The van der Waals surface area contributed by atoms with E-state index in [-0.39, 0.29) is 15.9 Å². The fraction of sp³-hybridized carbons (Fsp3) is 0.111. The molecular weight excluding hydrogens is 438 g/mol. The molecule has 0 spiro atoms. The van der Waals surface area contributed by atoms with Gasteiger partial charge in [-0.25, -0.2) is 27.0 Å². The summed E-state index contributed by atoms with van der Waals surface area (Å²) in [4.78, 5) is 17.7. The first-order chi connectivity index (χ1) is 14.1. The number of thiazole rings is 1. The molecule has 0 atom stereocenters. The molecule has 30 heavy (non-hydrogen) atoms. The van der Waals surface area contributed by atoms with Gasteiger partial charge in [0.25, 0.3) is 0 Å². The largest absolute Gasteiger partial charge is 0.445 e. The van der Waals surface area contributed by atoms with Crippen molar-refractivity contribution in [1.82, 2.24) is 4.98 Å². The van der Waals surface area contributed by atoms with E-state index in [1.165, 1.54) is 24.2 Å². The molecule has 0 unspecified atom stereocenters. The number of nitrogens with one attached hydrogen (secondary N) is 2. The van der Waals surface area contributed by atoms with Gasteiger partial charge in [-0.15, -0.1) is 0 Å². The molecule has 8 nitrogen and oxygen atoms in total. The van der Waals surface area contributed by atoms with Crippen LogP contribution in [0.1, 0.15) is 0 Å². The highest BCUT2D eigenvalue weighted by molar-refractivity contribution is 7.92. The molecule has 3 aromatic rings. The van der Waals surface area contributed by atoms with Crippen LogP contribution in [0.5, 0.6) is 10.8 Å². The number of amides is 2. The Morgan fingerprint density at radius 3 is 2.53 bits per heavy atom. The number of hydrogen-bond donors (Lipinski definition) is 2. The zero-order valence-electron chi connectivity index (χ0n) is 15.7. The van der Waals surface area contributed by atoms with Crippen LogP contribution in [0.15, 0.2) is 48.7 Å². The van der Waals surface area contributed by atoms with Crippen LogP contribution in [0.3, 0.4) is 0 Å². The lowest BCUT2D eigenvalue weighted by Crippen LogP contribution is -2.31. The highest BCUT2D eigenvalue weighted by Gasteiger charge is 2.15. The number of anilines is 3. The zero-order chi connectivity index (χ0) is 21.9. The molecule has 1 heterocycles. The van der Waals surface area contributed by atoms with E-state index in [2.05, 4.69) is 15.0 Å². The first-order valence-electron chi connectivity index (χ1n) is 8.31. The maximum absolute atomic E-state index is 13.2. The quantitative estimate of drug-likeness (QED) is 0.580. The molecule has 3 rings (SSSR count). The molecule has 0 aliphatic heterocycles. The molecule has 12 heteroatoms. The van der Waals surface area contributed by atoms with Crippen LogP contribution in [-0.4, -0.2) is 32.7 Å². The van der Waals surface area contributed by atoms with Crippen LogP contribution in [0.2, 0.25) is 0 Å². The molecule has 158 valence electrons. The van der Waals surface area contributed by atoms with Crippen molar-refractivity contribution in [2.45, 2.75) is 0 Å². The maximum atomic E-state index is 13.2. The number of hydrogen-bond acceptors (Lipinski definition) is 6. The number of carbonyl (C=O) groups is 1. The molecule has 0 saturated heterocycles. The lowest BCUT2D eigenvalue weighted by atomic mass is 10.2. The lowest BCUT2D eigenvalue weighted by molar-refractivity contribution is 0.258. The van der Waals surface area contributed by atoms with E-state index in [1.54, 1.807) is 18.2 Å². The minimum absolute atomic E-state index is 0.0404. The maximum Gasteiger partial charge on any atom is 0.327 e. The summed E-state index contributed by atoms with van der Waals surface area (Å²) in [6.45, 7) is 0. The molecule has 0 fully saturated rings. The number of halogens is 2. The Kier molecular flexibility index (Phi) is 6.17. The monoisotopic (exact) mass is 454 g/mol. The summed E-state index contributed by atoms with van der Waals surface area (Å²) in [6, 6.07) is 8.50. The molecule has 1 aromatic heterocycles. The average Bonchev–Trinajstić information content (AvgIpc) is 3.05. The Labute approximate surface area is 175 Å². The first kappa shape index (κ1) is 21.5. The molecule has 2 amide bonds. The van der Waals surface area contributed by atoms with Gasteiger partial charge in [0.15, 0.2) is 5.13 Å². The summed E-state index contributed by atoms with van der Waals surface area (Å²) >= 11 is 0.963. The fourth-order valence-corrected chi connectivity index (χ4v) is 3.59. The third-order valence-corrected chi connectivity index (χ3v) is 4.99. The minimum Gasteiger partial charge on any atom is -0.445 e. The van der Waals surface area contributed by atoms with Crippen molar-refractivity contribution in [2.75, 3.05) is 28.2 Å². The van der Waals surface area contributed by atoms with Crippen molar-refractivity contribution >= 4 is 43.9 Å². The van der Waals surface area contributed by atoms with Gasteiger partial charge in [-0.3, -0.25) is 14.9 Å². The van der Waals surface area contributed by atoms with E-state index in [4.69, 9.17) is 4.74 Å². The molecule has 2 aromatic carbocycles. The number of rotatable bonds is 6. The number of nitrogens with zero attached hydrogens (tertiary/aromatic N) is 2. The van der Waals surface area contributed by atoms with Crippen LogP contribution in [0.25, 0.3) is 0 Å². The molecule has 0 aliphatic rings. The van der Waals surface area contributed by atoms with Crippen LogP contribution in [-0.2, 0) is 10.0 Å². The van der Waals surface area contributed by atoms with Gasteiger partial charge < -0.3 is 4.74 Å². The van der Waals surface area contributed by atoms with Crippen molar-refractivity contribution in [3.63, 3.8) is 0 Å². The summed E-state index contributed by atoms with van der Waals surface area (Å²) in [6.07, 6.45) is 2.33. The lowest BCUT2D eigenvalue weighted by Gasteiger charge is -2.18. The smallest absolute Gasteiger partial charge is 0.327 e. The second kappa shape index (κ2) is 8.63. The fourth-order valence-electron chi connectivity index (χ4n) is 2.35. The van der Waals surface area contributed by atoms with Gasteiger partial charge in [-0.1, -0.05) is 17.4 Å². The minimum atomic E-state index is -3.46. The Bertz CT molecular complexity index is 1160. The molecule has 2 N–H and O–H groups in total. The summed E-state index contributed by atoms with van der Waals surface area (Å²) < 4.78 is 56.9. The van der Waals surface area contributed by atoms with Gasteiger partial charge >= 0.3 is 6.03 Å². The van der Waals surface area contributed by atoms with Crippen LogP contribution in [0, 0.1) is 11.6 Å². The third kappa shape index (κ3) is 5.87. The number of urea groups is 1. The van der Waals surface area contributed by atoms with E-state index in [0.29, 0.717) is 11.4 Å². The van der Waals surface area contributed by atoms with Gasteiger partial charge in [0, 0.05) is 30.9 Å². The predicted molar refractivity (Wildman–Crippen MR) is 111 cm³/mol. The number of sulfonamides is 1. The van der Waals surface area contributed by atoms with Crippen molar-refractivity contribution < 1.29 is 26.7 Å². The van der Waals surface area contributed by atoms with Crippen molar-refractivity contribution in [3.05, 3.63) is 60.3 Å². The van der Waals surface area contributed by atoms with Gasteiger partial charge in [0.05, 0.1) is 18.1 Å². The van der Waals surface area contributed by atoms with E-state index >= 15 is 0 Å². The van der Waals surface area contributed by atoms with Gasteiger partial charge in [0.1, 0.15) is 17.4 Å². The summed E-state index contributed by atoms with van der Waals surface area (Å²) in [7, 11) is -1.96. The van der Waals surface area contributed by atoms with Gasteiger partial charge in [0.2, 0.25) is 15.1 Å². The van der Waals surface area contributed by atoms with Gasteiger partial charge in [-0.05, 0) is 18.2 Å². The highest BCUT2D eigenvalue weighted by Crippen LogP contribution is 2.31. The molecular formula is C18H16F2N4O4S2. The molecule has 0 bridgehead atoms. The highest BCUT2D eigenvalue weighted by atomic mass is 32.2. The number of ether oxygens (including phenoxy) is 1. The Morgan fingerprint density at radius 1 is 1.17 bits per heavy atom. The normalized spacial score (nSPS) is 11.1. The third-order valence-electron chi connectivity index (χ3n) is 3.59. The van der Waals surface area contributed by atoms with Crippen LogP contribution < -0.4 is 19.7 Å². The SMILES string of the molecule is CN(C(=O)Nc1ncc(Oc2cc(F)cc(F)c2)s1)c1cccc(NS(C)(=O)=O)c1. The number of benzene rings is 2. The molecule has 0 radical (unpaired) electrons. The number of aromatic nitrogens is 1. The Morgan fingerprint density at radius 2 is 1.87 bits per heavy atom. The number of carbonyl (C=O) groups excluding carboxylic acids is 1. The van der Waals surface area contributed by atoms with Crippen molar-refractivity contribution in [1.29, 1.82) is 0 Å². The van der Waals surface area contributed by atoms with Crippen molar-refractivity contribution in [2.24, 2.45) is 0 Å². The molecule has 0 aliphatic carbocycles. The van der Waals surface area contributed by atoms with E-state index < -0.39 is 27.7 Å². The Hall–Kier alpha value is -3.25. The summed E-state index contributed by atoms with van der Waals surface area (Å²) in [5.74, 6) is -1.60. The van der Waals surface area contributed by atoms with Crippen LogP contribution in [0.4, 0.5) is 30.1 Å².